The van der Waals surface area contributed by atoms with E-state index in [1.54, 1.807) is 7.11 Å². The number of guanidine groups is 1. The topological polar surface area (TPSA) is 62.9 Å². The van der Waals surface area contributed by atoms with Gasteiger partial charge in [-0.05, 0) is 24.0 Å². The Morgan fingerprint density at radius 1 is 1.42 bits per heavy atom. The summed E-state index contributed by atoms with van der Waals surface area (Å²) in [4.78, 5) is 6.69. The number of hydrogen-bond acceptors (Lipinski definition) is 3. The molecule has 0 atom stereocenters. The molecule has 0 radical (unpaired) electrons. The molecule has 0 spiro atoms. The second-order valence-corrected chi connectivity index (χ2v) is 4.64. The number of hydrazine groups is 1. The van der Waals surface area contributed by atoms with Gasteiger partial charge in [-0.15, -0.1) is 0 Å². The highest BCUT2D eigenvalue weighted by atomic mass is 16.5. The van der Waals surface area contributed by atoms with Gasteiger partial charge in [0.25, 0.3) is 0 Å². The Morgan fingerprint density at radius 2 is 2.21 bits per heavy atom. The average molecular weight is 262 g/mol. The molecular formula is C14H22N4O. The van der Waals surface area contributed by atoms with Gasteiger partial charge in [-0.2, -0.15) is 0 Å². The summed E-state index contributed by atoms with van der Waals surface area (Å²) in [6, 6.07) is 8.53. The number of ether oxygens (including phenoxy) is 1. The smallest absolute Gasteiger partial charge is 0.208 e. The fourth-order valence-corrected chi connectivity index (χ4v) is 2.31. The lowest BCUT2D eigenvalue weighted by Crippen LogP contribution is -2.47. The van der Waals surface area contributed by atoms with Crippen LogP contribution in [0.15, 0.2) is 29.3 Å². The number of fused-ring (bicyclic) bond motifs is 1. The summed E-state index contributed by atoms with van der Waals surface area (Å²) in [6.45, 7) is 3.27. The number of benzene rings is 1. The van der Waals surface area contributed by atoms with Crippen molar-refractivity contribution in [2.24, 2.45) is 10.8 Å². The molecule has 0 unspecified atom stereocenters. The second-order valence-electron chi connectivity index (χ2n) is 4.64. The van der Waals surface area contributed by atoms with Crippen LogP contribution in [0.3, 0.4) is 0 Å². The predicted octanol–water partition coefficient (Wildman–Crippen LogP) is 0.901. The Kier molecular flexibility index (Phi) is 5.18. The van der Waals surface area contributed by atoms with Gasteiger partial charge < -0.3 is 9.64 Å². The van der Waals surface area contributed by atoms with Crippen LogP contribution in [0.25, 0.3) is 0 Å². The second kappa shape index (κ2) is 7.11. The van der Waals surface area contributed by atoms with Gasteiger partial charge in [0.2, 0.25) is 5.96 Å². The largest absolute Gasteiger partial charge is 0.385 e. The van der Waals surface area contributed by atoms with Crippen molar-refractivity contribution in [3.8, 4) is 0 Å². The lowest BCUT2D eigenvalue weighted by Gasteiger charge is -2.30. The fourth-order valence-electron chi connectivity index (χ4n) is 2.31. The molecule has 104 valence electrons. The molecule has 0 aromatic heterocycles. The number of nitrogens with one attached hydrogen (secondary N) is 1. The molecule has 1 aliphatic heterocycles. The van der Waals surface area contributed by atoms with Crippen molar-refractivity contribution in [1.29, 1.82) is 0 Å². The number of nitrogens with two attached hydrogens (primary N) is 1. The molecule has 3 N–H and O–H groups in total. The molecule has 0 saturated carbocycles. The maximum Gasteiger partial charge on any atom is 0.208 e. The van der Waals surface area contributed by atoms with Crippen molar-refractivity contribution in [2.45, 2.75) is 19.4 Å². The molecule has 0 bridgehead atoms. The van der Waals surface area contributed by atoms with Crippen molar-refractivity contribution < 1.29 is 4.74 Å². The van der Waals surface area contributed by atoms with Crippen LogP contribution in [0.4, 0.5) is 0 Å². The minimum absolute atomic E-state index is 0.726. The van der Waals surface area contributed by atoms with E-state index in [9.17, 15) is 0 Å². The van der Waals surface area contributed by atoms with Crippen LogP contribution in [0.5, 0.6) is 0 Å². The third kappa shape index (κ3) is 3.68. The highest BCUT2D eigenvalue weighted by Crippen LogP contribution is 2.18. The van der Waals surface area contributed by atoms with E-state index in [0.717, 1.165) is 45.0 Å². The molecule has 0 amide bonds. The Hall–Kier alpha value is -1.59. The van der Waals surface area contributed by atoms with Crippen LogP contribution in [-0.2, 0) is 17.7 Å². The molecule has 1 aromatic rings. The zero-order chi connectivity index (χ0) is 13.5. The van der Waals surface area contributed by atoms with Gasteiger partial charge in [0.15, 0.2) is 0 Å². The lowest BCUT2D eigenvalue weighted by molar-refractivity contribution is 0.196. The molecule has 0 aliphatic carbocycles. The van der Waals surface area contributed by atoms with Gasteiger partial charge >= 0.3 is 0 Å². The van der Waals surface area contributed by atoms with Crippen molar-refractivity contribution in [1.82, 2.24) is 10.3 Å². The molecule has 19 heavy (non-hydrogen) atoms. The summed E-state index contributed by atoms with van der Waals surface area (Å²) in [5.41, 5.74) is 5.50. The maximum atomic E-state index is 5.58. The van der Waals surface area contributed by atoms with E-state index in [-0.39, 0.29) is 0 Å². The fraction of sp³-hybridized carbons (Fsp3) is 0.500. The molecule has 0 saturated heterocycles. The van der Waals surface area contributed by atoms with Crippen LogP contribution >= 0.6 is 0 Å². The third-order valence-corrected chi connectivity index (χ3v) is 3.33. The Bertz CT molecular complexity index is 433. The van der Waals surface area contributed by atoms with Crippen molar-refractivity contribution in [2.75, 3.05) is 26.8 Å². The van der Waals surface area contributed by atoms with Crippen LogP contribution < -0.4 is 11.3 Å². The van der Waals surface area contributed by atoms with Crippen LogP contribution in [0.1, 0.15) is 17.5 Å². The van der Waals surface area contributed by atoms with Gasteiger partial charge in [-0.3, -0.25) is 10.4 Å². The summed E-state index contributed by atoms with van der Waals surface area (Å²) in [6.07, 6.45) is 1.95. The lowest BCUT2D eigenvalue weighted by atomic mass is 10.0. The molecule has 1 aliphatic rings. The van der Waals surface area contributed by atoms with Gasteiger partial charge in [0, 0.05) is 33.4 Å². The van der Waals surface area contributed by atoms with Gasteiger partial charge in [-0.1, -0.05) is 24.3 Å². The predicted molar refractivity (Wildman–Crippen MR) is 76.7 cm³/mol. The van der Waals surface area contributed by atoms with Gasteiger partial charge in [0.05, 0.1) is 0 Å². The summed E-state index contributed by atoms with van der Waals surface area (Å²) < 4.78 is 5.01. The summed E-state index contributed by atoms with van der Waals surface area (Å²) >= 11 is 0. The maximum absolute atomic E-state index is 5.58. The van der Waals surface area contributed by atoms with Crippen LogP contribution in [-0.4, -0.2) is 37.7 Å². The molecule has 5 heteroatoms. The van der Waals surface area contributed by atoms with E-state index in [2.05, 4.69) is 39.6 Å². The summed E-state index contributed by atoms with van der Waals surface area (Å²) in [7, 11) is 1.70. The number of rotatable bonds is 4. The Morgan fingerprint density at radius 3 is 2.95 bits per heavy atom. The minimum atomic E-state index is 0.726. The first kappa shape index (κ1) is 13.8. The van der Waals surface area contributed by atoms with Gasteiger partial charge in [0.1, 0.15) is 0 Å². The van der Waals surface area contributed by atoms with E-state index < -0.39 is 0 Å². The van der Waals surface area contributed by atoms with Gasteiger partial charge in [-0.25, -0.2) is 5.84 Å². The summed E-state index contributed by atoms with van der Waals surface area (Å²) in [5.74, 6) is 6.35. The molecule has 2 rings (SSSR count). The zero-order valence-electron chi connectivity index (χ0n) is 11.4. The zero-order valence-corrected chi connectivity index (χ0v) is 11.4. The highest BCUT2D eigenvalue weighted by molar-refractivity contribution is 5.79. The normalized spacial score (nSPS) is 15.3. The standard InChI is InChI=1S/C14H22N4O/c1-19-10-4-8-16-14(17-15)18-9-7-12-5-2-3-6-13(12)11-18/h2-3,5-6H,4,7-11,15H2,1H3,(H,16,17). The van der Waals surface area contributed by atoms with E-state index in [1.165, 1.54) is 11.1 Å². The summed E-state index contributed by atoms with van der Waals surface area (Å²) in [5, 5.41) is 0. The first-order valence-electron chi connectivity index (χ1n) is 6.67. The number of hydrogen-bond donors (Lipinski definition) is 2. The van der Waals surface area contributed by atoms with E-state index in [0.29, 0.717) is 0 Å². The number of methoxy groups -OCH3 is 1. The Balaban J connectivity index is 1.97. The van der Waals surface area contributed by atoms with E-state index >= 15 is 0 Å². The third-order valence-electron chi connectivity index (χ3n) is 3.33. The SMILES string of the molecule is COCCCN=C(NN)N1CCc2ccccc2C1. The molecule has 5 nitrogen and oxygen atoms in total. The van der Waals surface area contributed by atoms with Crippen molar-refractivity contribution in [3.05, 3.63) is 35.4 Å². The monoisotopic (exact) mass is 262 g/mol. The first-order valence-corrected chi connectivity index (χ1v) is 6.67. The quantitative estimate of drug-likeness (QED) is 0.278. The molecule has 1 aromatic carbocycles. The average Bonchev–Trinajstić information content (AvgIpc) is 2.47. The molecule has 0 fully saturated rings. The molecular weight excluding hydrogens is 240 g/mol. The van der Waals surface area contributed by atoms with Crippen LogP contribution in [0, 0.1) is 0 Å². The Labute approximate surface area is 114 Å². The van der Waals surface area contributed by atoms with Crippen molar-refractivity contribution in [3.63, 3.8) is 0 Å². The first-order chi connectivity index (χ1) is 9.35. The van der Waals surface area contributed by atoms with Crippen molar-refractivity contribution >= 4 is 5.96 Å². The van der Waals surface area contributed by atoms with E-state index in [1.807, 2.05) is 0 Å². The van der Waals surface area contributed by atoms with Crippen LogP contribution in [0.2, 0.25) is 0 Å². The highest BCUT2D eigenvalue weighted by Gasteiger charge is 2.18. The number of nitrogens with zero attached hydrogens (tertiary/aromatic N) is 2. The minimum Gasteiger partial charge on any atom is -0.385 e. The number of aliphatic imine (C=N–C) groups is 1. The molecule has 1 heterocycles. The van der Waals surface area contributed by atoms with E-state index in [4.69, 9.17) is 10.6 Å².